The van der Waals surface area contributed by atoms with Crippen LogP contribution in [0.1, 0.15) is 49.8 Å². The summed E-state index contributed by atoms with van der Waals surface area (Å²) in [5, 5.41) is 11.6. The first kappa shape index (κ1) is 17.7. The van der Waals surface area contributed by atoms with Crippen LogP contribution in [0, 0.1) is 0 Å². The Morgan fingerprint density at radius 2 is 1.88 bits per heavy atom. The molecule has 2 atom stereocenters. The summed E-state index contributed by atoms with van der Waals surface area (Å²) >= 11 is 3.66. The smallest absolute Gasteiger partial charge is 0.105 e. The Bertz CT molecular complexity index is 702. The van der Waals surface area contributed by atoms with Gasteiger partial charge in [0, 0.05) is 23.6 Å². The number of unbranched alkanes of at least 4 members (excludes halogenated alkanes) is 1. The summed E-state index contributed by atoms with van der Waals surface area (Å²) in [6.07, 6.45) is 2.95. The van der Waals surface area contributed by atoms with E-state index in [4.69, 9.17) is 0 Å². The molecule has 0 bridgehead atoms. The first-order valence-electron chi connectivity index (χ1n) is 8.84. The third kappa shape index (κ3) is 3.30. The van der Waals surface area contributed by atoms with E-state index in [1.165, 1.54) is 11.1 Å². The number of nitrogens with zero attached hydrogens (tertiary/aromatic N) is 1. The molecule has 128 valence electrons. The quantitative estimate of drug-likeness (QED) is 0.758. The summed E-state index contributed by atoms with van der Waals surface area (Å²) in [6, 6.07) is 16.8. The largest absolute Gasteiger partial charge is 0.384 e. The third-order valence-electron chi connectivity index (χ3n) is 5.34. The Kier molecular flexibility index (Phi) is 5.43. The molecule has 0 saturated heterocycles. The van der Waals surface area contributed by atoms with Crippen molar-refractivity contribution in [3.63, 3.8) is 0 Å². The topological polar surface area (TPSA) is 23.5 Å². The SMILES string of the molecule is CCCC[C@]1(O)c2ccccc2CN(Cc2ccccc2Br)[C@H]1C. The van der Waals surface area contributed by atoms with Gasteiger partial charge in [0.2, 0.25) is 0 Å². The molecule has 0 amide bonds. The summed E-state index contributed by atoms with van der Waals surface area (Å²) in [6.45, 7) is 6.07. The Labute approximate surface area is 153 Å². The predicted octanol–water partition coefficient (Wildman–Crippen LogP) is 5.23. The summed E-state index contributed by atoms with van der Waals surface area (Å²) in [4.78, 5) is 2.40. The van der Waals surface area contributed by atoms with E-state index in [0.29, 0.717) is 0 Å². The highest BCUT2D eigenvalue weighted by molar-refractivity contribution is 9.10. The molecule has 2 nitrogen and oxygen atoms in total. The van der Waals surface area contributed by atoms with Crippen LogP contribution < -0.4 is 0 Å². The van der Waals surface area contributed by atoms with Gasteiger partial charge in [-0.15, -0.1) is 0 Å². The van der Waals surface area contributed by atoms with Crippen LogP contribution >= 0.6 is 15.9 Å². The molecule has 2 aromatic rings. The fraction of sp³-hybridized carbons (Fsp3) is 0.429. The number of hydrogen-bond donors (Lipinski definition) is 1. The normalized spacial score (nSPS) is 23.9. The molecule has 0 saturated carbocycles. The van der Waals surface area contributed by atoms with E-state index < -0.39 is 5.60 Å². The van der Waals surface area contributed by atoms with E-state index in [2.05, 4.69) is 71.1 Å². The summed E-state index contributed by atoms with van der Waals surface area (Å²) in [5.41, 5.74) is 2.86. The number of benzene rings is 2. The van der Waals surface area contributed by atoms with Crippen molar-refractivity contribution in [2.75, 3.05) is 0 Å². The van der Waals surface area contributed by atoms with E-state index in [-0.39, 0.29) is 6.04 Å². The van der Waals surface area contributed by atoms with E-state index in [1.807, 2.05) is 12.1 Å². The lowest BCUT2D eigenvalue weighted by molar-refractivity contribution is -0.0726. The van der Waals surface area contributed by atoms with Gasteiger partial charge < -0.3 is 5.11 Å². The molecule has 0 fully saturated rings. The molecule has 0 unspecified atom stereocenters. The van der Waals surface area contributed by atoms with Gasteiger partial charge in [0.25, 0.3) is 0 Å². The Morgan fingerprint density at radius 3 is 2.62 bits per heavy atom. The zero-order chi connectivity index (χ0) is 17.2. The maximum absolute atomic E-state index is 11.6. The number of fused-ring (bicyclic) bond motifs is 1. The minimum atomic E-state index is -0.772. The zero-order valence-electron chi connectivity index (χ0n) is 14.5. The number of rotatable bonds is 5. The predicted molar refractivity (Wildman–Crippen MR) is 103 cm³/mol. The summed E-state index contributed by atoms with van der Waals surface area (Å²) in [5.74, 6) is 0. The van der Waals surface area contributed by atoms with Crippen molar-refractivity contribution in [1.82, 2.24) is 4.90 Å². The van der Waals surface area contributed by atoms with Gasteiger partial charge >= 0.3 is 0 Å². The fourth-order valence-electron chi connectivity index (χ4n) is 3.79. The molecular weight excluding hydrogens is 362 g/mol. The van der Waals surface area contributed by atoms with E-state index in [0.717, 1.165) is 42.4 Å². The van der Waals surface area contributed by atoms with Crippen molar-refractivity contribution in [1.29, 1.82) is 0 Å². The molecule has 24 heavy (non-hydrogen) atoms. The molecule has 0 aromatic heterocycles. The van der Waals surface area contributed by atoms with Gasteiger partial charge in [-0.3, -0.25) is 4.90 Å². The lowest BCUT2D eigenvalue weighted by Gasteiger charge is -2.47. The van der Waals surface area contributed by atoms with Crippen molar-refractivity contribution in [2.45, 2.75) is 57.8 Å². The molecule has 0 radical (unpaired) electrons. The van der Waals surface area contributed by atoms with Crippen LogP contribution in [0.4, 0.5) is 0 Å². The van der Waals surface area contributed by atoms with Crippen LogP contribution in [-0.4, -0.2) is 16.0 Å². The number of aliphatic hydroxyl groups is 1. The van der Waals surface area contributed by atoms with Crippen molar-refractivity contribution in [3.05, 3.63) is 69.7 Å². The van der Waals surface area contributed by atoms with Crippen LogP contribution in [0.2, 0.25) is 0 Å². The number of halogens is 1. The van der Waals surface area contributed by atoms with Gasteiger partial charge in [0.15, 0.2) is 0 Å². The summed E-state index contributed by atoms with van der Waals surface area (Å²) < 4.78 is 1.13. The molecule has 3 rings (SSSR count). The third-order valence-corrected chi connectivity index (χ3v) is 6.11. The minimum absolute atomic E-state index is 0.0889. The van der Waals surface area contributed by atoms with Gasteiger partial charge in [-0.25, -0.2) is 0 Å². The van der Waals surface area contributed by atoms with E-state index >= 15 is 0 Å². The van der Waals surface area contributed by atoms with E-state index in [9.17, 15) is 5.11 Å². The second-order valence-corrected chi connectivity index (χ2v) is 7.71. The van der Waals surface area contributed by atoms with Crippen molar-refractivity contribution in [2.24, 2.45) is 0 Å². The number of hydrogen-bond acceptors (Lipinski definition) is 2. The van der Waals surface area contributed by atoms with Gasteiger partial charge in [-0.1, -0.05) is 78.2 Å². The Morgan fingerprint density at radius 1 is 1.17 bits per heavy atom. The second-order valence-electron chi connectivity index (χ2n) is 6.86. The first-order valence-corrected chi connectivity index (χ1v) is 9.63. The maximum atomic E-state index is 11.6. The highest BCUT2D eigenvalue weighted by atomic mass is 79.9. The molecular formula is C21H26BrNO. The van der Waals surface area contributed by atoms with Crippen molar-refractivity contribution in [3.8, 4) is 0 Å². The maximum Gasteiger partial charge on any atom is 0.105 e. The molecule has 1 aliphatic rings. The van der Waals surface area contributed by atoms with Gasteiger partial charge in [0.1, 0.15) is 5.60 Å². The van der Waals surface area contributed by atoms with Crippen LogP contribution in [0.3, 0.4) is 0 Å². The first-order chi connectivity index (χ1) is 11.6. The van der Waals surface area contributed by atoms with Crippen LogP contribution in [-0.2, 0) is 18.7 Å². The lowest BCUT2D eigenvalue weighted by Crippen LogP contribution is -2.52. The molecule has 2 aromatic carbocycles. The molecule has 3 heteroatoms. The Hall–Kier alpha value is -1.16. The zero-order valence-corrected chi connectivity index (χ0v) is 16.1. The standard InChI is InChI=1S/C21H26BrNO/c1-3-4-13-21(24)16(2)23(14-17-9-5-7-11-19(17)21)15-18-10-6-8-12-20(18)22/h5-12,16,24H,3-4,13-15H2,1-2H3/t16-,21+/m0/s1. The van der Waals surface area contributed by atoms with E-state index in [1.54, 1.807) is 0 Å². The Balaban J connectivity index is 1.94. The summed E-state index contributed by atoms with van der Waals surface area (Å²) in [7, 11) is 0. The highest BCUT2D eigenvalue weighted by Crippen LogP contribution is 2.41. The monoisotopic (exact) mass is 387 g/mol. The van der Waals surface area contributed by atoms with Crippen molar-refractivity contribution >= 4 is 15.9 Å². The molecule has 1 aliphatic heterocycles. The second kappa shape index (κ2) is 7.38. The van der Waals surface area contributed by atoms with Crippen molar-refractivity contribution < 1.29 is 5.11 Å². The molecule has 0 aliphatic carbocycles. The van der Waals surface area contributed by atoms with Gasteiger partial charge in [-0.05, 0) is 36.1 Å². The average Bonchev–Trinajstić information content (AvgIpc) is 2.60. The molecule has 1 N–H and O–H groups in total. The average molecular weight is 388 g/mol. The fourth-order valence-corrected chi connectivity index (χ4v) is 4.20. The minimum Gasteiger partial charge on any atom is -0.384 e. The van der Waals surface area contributed by atoms with Gasteiger partial charge in [0.05, 0.1) is 0 Å². The van der Waals surface area contributed by atoms with Crippen LogP contribution in [0.25, 0.3) is 0 Å². The molecule has 0 spiro atoms. The van der Waals surface area contributed by atoms with Crippen LogP contribution in [0.5, 0.6) is 0 Å². The van der Waals surface area contributed by atoms with Crippen LogP contribution in [0.15, 0.2) is 53.0 Å². The molecule has 1 heterocycles. The van der Waals surface area contributed by atoms with Gasteiger partial charge in [-0.2, -0.15) is 0 Å². The lowest BCUT2D eigenvalue weighted by atomic mass is 9.76. The highest BCUT2D eigenvalue weighted by Gasteiger charge is 2.43.